The minimum absolute atomic E-state index is 0.242. The average molecular weight is 275 g/mol. The smallest absolute Gasteiger partial charge is 0.123 e. The van der Waals surface area contributed by atoms with Crippen molar-refractivity contribution in [1.29, 1.82) is 0 Å². The molecule has 0 spiro atoms. The number of hydrogen-bond donors (Lipinski definition) is 1. The lowest BCUT2D eigenvalue weighted by Gasteiger charge is -2.13. The van der Waals surface area contributed by atoms with Gasteiger partial charge in [-0.3, -0.25) is 4.90 Å². The van der Waals surface area contributed by atoms with Crippen LogP contribution in [0.15, 0.2) is 36.7 Å². The Morgan fingerprint density at radius 2 is 2.10 bits per heavy atom. The highest BCUT2D eigenvalue weighted by molar-refractivity contribution is 5.31. The summed E-state index contributed by atoms with van der Waals surface area (Å²) in [6.07, 6.45) is 4.87. The first-order valence-corrected chi connectivity index (χ1v) is 6.87. The lowest BCUT2D eigenvalue weighted by molar-refractivity contribution is 0.220. The van der Waals surface area contributed by atoms with E-state index in [1.807, 2.05) is 12.4 Å². The molecule has 106 valence electrons. The molecule has 2 heterocycles. The standard InChI is InChI=1S/C15H18FN3O/c16-14-1-3-15(4-2-14)19-10-13(7-17-19)9-18-6-5-12(8-18)11-20/h1-4,7,10,12,20H,5-6,8-9,11H2. The minimum Gasteiger partial charge on any atom is -0.396 e. The van der Waals surface area contributed by atoms with Crippen LogP contribution in [0.1, 0.15) is 12.0 Å². The maximum absolute atomic E-state index is 12.9. The second-order valence-electron chi connectivity index (χ2n) is 5.34. The Morgan fingerprint density at radius 3 is 2.80 bits per heavy atom. The third-order valence-electron chi connectivity index (χ3n) is 3.76. The molecule has 1 aromatic carbocycles. The zero-order valence-corrected chi connectivity index (χ0v) is 11.2. The number of benzene rings is 1. The van der Waals surface area contributed by atoms with E-state index in [1.54, 1.807) is 16.8 Å². The van der Waals surface area contributed by atoms with Crippen LogP contribution in [-0.2, 0) is 6.54 Å². The Hall–Kier alpha value is -1.72. The molecule has 0 amide bonds. The number of aliphatic hydroxyl groups is 1. The summed E-state index contributed by atoms with van der Waals surface area (Å²) in [5.74, 6) is 0.162. The van der Waals surface area contributed by atoms with Gasteiger partial charge < -0.3 is 5.11 Å². The molecule has 3 rings (SSSR count). The van der Waals surface area contributed by atoms with Gasteiger partial charge in [-0.2, -0.15) is 5.10 Å². The first kappa shape index (κ1) is 13.3. The average Bonchev–Trinajstić information content (AvgIpc) is 3.09. The van der Waals surface area contributed by atoms with Crippen molar-refractivity contribution in [2.24, 2.45) is 5.92 Å². The first-order chi connectivity index (χ1) is 9.74. The zero-order chi connectivity index (χ0) is 13.9. The molecule has 1 aromatic heterocycles. The van der Waals surface area contributed by atoms with Gasteiger partial charge in [0.15, 0.2) is 0 Å². The largest absolute Gasteiger partial charge is 0.396 e. The molecule has 20 heavy (non-hydrogen) atoms. The van der Waals surface area contributed by atoms with Crippen molar-refractivity contribution in [3.05, 3.63) is 48.0 Å². The number of nitrogens with zero attached hydrogens (tertiary/aromatic N) is 3. The van der Waals surface area contributed by atoms with Gasteiger partial charge in [0.25, 0.3) is 0 Å². The summed E-state index contributed by atoms with van der Waals surface area (Å²) < 4.78 is 14.6. The third kappa shape index (κ3) is 2.89. The van der Waals surface area contributed by atoms with E-state index in [-0.39, 0.29) is 12.4 Å². The van der Waals surface area contributed by atoms with Gasteiger partial charge in [-0.25, -0.2) is 9.07 Å². The molecule has 0 aliphatic carbocycles. The number of likely N-dealkylation sites (tertiary alicyclic amines) is 1. The van der Waals surface area contributed by atoms with Gasteiger partial charge in [0.2, 0.25) is 0 Å². The van der Waals surface area contributed by atoms with E-state index in [0.717, 1.165) is 37.3 Å². The van der Waals surface area contributed by atoms with Gasteiger partial charge in [-0.05, 0) is 43.1 Å². The highest BCUT2D eigenvalue weighted by Gasteiger charge is 2.21. The van der Waals surface area contributed by atoms with Gasteiger partial charge in [-0.1, -0.05) is 0 Å². The van der Waals surface area contributed by atoms with Crippen molar-refractivity contribution in [3.63, 3.8) is 0 Å². The summed E-state index contributed by atoms with van der Waals surface area (Å²) in [5.41, 5.74) is 1.99. The normalized spacial score (nSPS) is 19.6. The number of aromatic nitrogens is 2. The highest BCUT2D eigenvalue weighted by Crippen LogP contribution is 2.18. The van der Waals surface area contributed by atoms with Crippen LogP contribution in [0, 0.1) is 11.7 Å². The minimum atomic E-state index is -0.242. The molecule has 1 unspecified atom stereocenters. The Bertz CT molecular complexity index is 567. The fraction of sp³-hybridized carbons (Fsp3) is 0.400. The number of aliphatic hydroxyl groups excluding tert-OH is 1. The molecule has 0 radical (unpaired) electrons. The van der Waals surface area contributed by atoms with Crippen molar-refractivity contribution in [2.45, 2.75) is 13.0 Å². The quantitative estimate of drug-likeness (QED) is 0.925. The van der Waals surface area contributed by atoms with Gasteiger partial charge >= 0.3 is 0 Å². The molecular formula is C15H18FN3O. The van der Waals surface area contributed by atoms with Crippen LogP contribution in [0.2, 0.25) is 0 Å². The van der Waals surface area contributed by atoms with Crippen LogP contribution < -0.4 is 0 Å². The van der Waals surface area contributed by atoms with Crippen molar-refractivity contribution in [3.8, 4) is 5.69 Å². The number of hydrogen-bond acceptors (Lipinski definition) is 3. The predicted molar refractivity (Wildman–Crippen MR) is 74.0 cm³/mol. The number of rotatable bonds is 4. The monoisotopic (exact) mass is 275 g/mol. The Morgan fingerprint density at radius 1 is 1.30 bits per heavy atom. The predicted octanol–water partition coefficient (Wildman–Crippen LogP) is 1.83. The molecule has 1 fully saturated rings. The summed E-state index contributed by atoms with van der Waals surface area (Å²) in [5, 5.41) is 13.5. The molecule has 0 bridgehead atoms. The Kier molecular flexibility index (Phi) is 3.80. The van der Waals surface area contributed by atoms with E-state index in [1.165, 1.54) is 12.1 Å². The van der Waals surface area contributed by atoms with Crippen LogP contribution >= 0.6 is 0 Å². The lowest BCUT2D eigenvalue weighted by atomic mass is 10.1. The summed E-state index contributed by atoms with van der Waals surface area (Å²) in [4.78, 5) is 2.33. The van der Waals surface area contributed by atoms with E-state index in [4.69, 9.17) is 5.11 Å². The zero-order valence-electron chi connectivity index (χ0n) is 11.2. The second kappa shape index (κ2) is 5.73. The SMILES string of the molecule is OCC1CCN(Cc2cnn(-c3ccc(F)cc3)c2)C1. The van der Waals surface area contributed by atoms with Crippen molar-refractivity contribution in [2.75, 3.05) is 19.7 Å². The van der Waals surface area contributed by atoms with Gasteiger partial charge in [-0.15, -0.1) is 0 Å². The maximum Gasteiger partial charge on any atom is 0.123 e. The summed E-state index contributed by atoms with van der Waals surface area (Å²) >= 11 is 0. The molecule has 5 heteroatoms. The summed E-state index contributed by atoms with van der Waals surface area (Å²) in [6.45, 7) is 3.08. The topological polar surface area (TPSA) is 41.3 Å². The van der Waals surface area contributed by atoms with Crippen molar-refractivity contribution < 1.29 is 9.50 Å². The number of halogens is 1. The molecule has 1 N–H and O–H groups in total. The molecule has 4 nitrogen and oxygen atoms in total. The van der Waals surface area contributed by atoms with Gasteiger partial charge in [0.1, 0.15) is 5.82 Å². The van der Waals surface area contributed by atoms with Crippen LogP contribution in [0.5, 0.6) is 0 Å². The van der Waals surface area contributed by atoms with E-state index < -0.39 is 0 Å². The van der Waals surface area contributed by atoms with Crippen molar-refractivity contribution in [1.82, 2.24) is 14.7 Å². The Balaban J connectivity index is 1.66. The van der Waals surface area contributed by atoms with E-state index in [2.05, 4.69) is 10.00 Å². The molecule has 2 aromatic rings. The van der Waals surface area contributed by atoms with Crippen LogP contribution in [0.4, 0.5) is 4.39 Å². The molecule has 0 saturated carbocycles. The van der Waals surface area contributed by atoms with E-state index in [9.17, 15) is 4.39 Å². The second-order valence-corrected chi connectivity index (χ2v) is 5.34. The van der Waals surface area contributed by atoms with Gasteiger partial charge in [0.05, 0.1) is 11.9 Å². The summed E-state index contributed by atoms with van der Waals surface area (Å²) in [7, 11) is 0. The van der Waals surface area contributed by atoms with E-state index >= 15 is 0 Å². The highest BCUT2D eigenvalue weighted by atomic mass is 19.1. The molecule has 1 aliphatic rings. The molecule has 1 atom stereocenters. The fourth-order valence-electron chi connectivity index (χ4n) is 2.64. The van der Waals surface area contributed by atoms with Gasteiger partial charge in [0, 0.05) is 31.5 Å². The molecule has 1 saturated heterocycles. The fourth-order valence-corrected chi connectivity index (χ4v) is 2.64. The van der Waals surface area contributed by atoms with Crippen LogP contribution in [-0.4, -0.2) is 39.5 Å². The Labute approximate surface area is 117 Å². The van der Waals surface area contributed by atoms with Crippen molar-refractivity contribution >= 4 is 0 Å². The van der Waals surface area contributed by atoms with Crippen LogP contribution in [0.3, 0.4) is 0 Å². The third-order valence-corrected chi connectivity index (χ3v) is 3.76. The maximum atomic E-state index is 12.9. The lowest BCUT2D eigenvalue weighted by Crippen LogP contribution is -2.20. The summed E-state index contributed by atoms with van der Waals surface area (Å²) in [6, 6.07) is 6.29. The molecule has 1 aliphatic heterocycles. The molecular weight excluding hydrogens is 257 g/mol. The van der Waals surface area contributed by atoms with E-state index in [0.29, 0.717) is 5.92 Å². The van der Waals surface area contributed by atoms with Crippen LogP contribution in [0.25, 0.3) is 5.69 Å². The first-order valence-electron chi connectivity index (χ1n) is 6.87.